The summed E-state index contributed by atoms with van der Waals surface area (Å²) in [4.78, 5) is 4.92. The Morgan fingerprint density at radius 2 is 1.92 bits per heavy atom. The standard InChI is InChI=1S/C22H22NPS/c1-13-8-9-17-18-11-10-16-14(2)6-4-5-7-19(23-15(3)24)21(16)22(18)25-20(17)12-13/h4-12,14-15H,24H2,1-3H3/b6-4-,7-5-,23-19?. The Morgan fingerprint density at radius 3 is 2.72 bits per heavy atom. The van der Waals surface area contributed by atoms with Crippen molar-refractivity contribution in [3.05, 3.63) is 71.3 Å². The van der Waals surface area contributed by atoms with Gasteiger partial charge in [-0.05, 0) is 43.0 Å². The third kappa shape index (κ3) is 2.99. The van der Waals surface area contributed by atoms with Crippen molar-refractivity contribution in [2.75, 3.05) is 0 Å². The van der Waals surface area contributed by atoms with E-state index in [1.54, 1.807) is 0 Å². The van der Waals surface area contributed by atoms with Crippen LogP contribution < -0.4 is 0 Å². The van der Waals surface area contributed by atoms with Crippen LogP contribution in [0.3, 0.4) is 0 Å². The molecule has 3 atom stereocenters. The lowest BCUT2D eigenvalue weighted by Crippen LogP contribution is -2.08. The summed E-state index contributed by atoms with van der Waals surface area (Å²) in [5.74, 6) is 0.569. The molecule has 4 rings (SSSR count). The van der Waals surface area contributed by atoms with Gasteiger partial charge in [0.1, 0.15) is 0 Å². The molecule has 0 saturated carbocycles. The van der Waals surface area contributed by atoms with Crippen molar-refractivity contribution in [2.45, 2.75) is 32.5 Å². The fraction of sp³-hybridized carbons (Fsp3) is 0.227. The molecule has 0 radical (unpaired) electrons. The summed E-state index contributed by atoms with van der Waals surface area (Å²) in [7, 11) is 2.79. The van der Waals surface area contributed by atoms with E-state index in [0.29, 0.717) is 5.92 Å². The largest absolute Gasteiger partial charge is 0.278 e. The topological polar surface area (TPSA) is 12.4 Å². The Morgan fingerprint density at radius 1 is 1.12 bits per heavy atom. The summed E-state index contributed by atoms with van der Waals surface area (Å²) in [6.07, 6.45) is 8.66. The number of hydrogen-bond acceptors (Lipinski definition) is 2. The maximum Gasteiger partial charge on any atom is 0.0671 e. The minimum Gasteiger partial charge on any atom is -0.278 e. The van der Waals surface area contributed by atoms with Gasteiger partial charge in [0.25, 0.3) is 0 Å². The van der Waals surface area contributed by atoms with E-state index in [4.69, 9.17) is 4.99 Å². The first kappa shape index (κ1) is 16.7. The van der Waals surface area contributed by atoms with Gasteiger partial charge in [-0.25, -0.2) is 0 Å². The lowest BCUT2D eigenvalue weighted by atomic mass is 9.89. The summed E-state index contributed by atoms with van der Waals surface area (Å²) in [6, 6.07) is 11.3. The molecular weight excluding hydrogens is 341 g/mol. The molecule has 0 spiro atoms. The van der Waals surface area contributed by atoms with Crippen LogP contribution in [0.4, 0.5) is 0 Å². The smallest absolute Gasteiger partial charge is 0.0671 e. The molecular formula is C22H22NPS. The summed E-state index contributed by atoms with van der Waals surface area (Å²) in [6.45, 7) is 6.53. The van der Waals surface area contributed by atoms with Gasteiger partial charge in [0.2, 0.25) is 0 Å². The van der Waals surface area contributed by atoms with Gasteiger partial charge in [-0.1, -0.05) is 49.4 Å². The van der Waals surface area contributed by atoms with E-state index in [-0.39, 0.29) is 5.78 Å². The molecule has 1 aliphatic carbocycles. The van der Waals surface area contributed by atoms with Gasteiger partial charge in [0.15, 0.2) is 0 Å². The molecule has 126 valence electrons. The van der Waals surface area contributed by atoms with Gasteiger partial charge in [0, 0.05) is 25.7 Å². The van der Waals surface area contributed by atoms with Gasteiger partial charge < -0.3 is 0 Å². The Bertz CT molecular complexity index is 1050. The quantitative estimate of drug-likeness (QED) is 0.432. The lowest BCUT2D eigenvalue weighted by Gasteiger charge is -2.17. The van der Waals surface area contributed by atoms with E-state index >= 15 is 0 Å². The van der Waals surface area contributed by atoms with Crippen molar-refractivity contribution in [1.29, 1.82) is 0 Å². The molecule has 25 heavy (non-hydrogen) atoms. The summed E-state index contributed by atoms with van der Waals surface area (Å²) in [5, 5.41) is 2.69. The molecule has 3 unspecified atom stereocenters. The Balaban J connectivity index is 2.13. The molecule has 2 aromatic carbocycles. The monoisotopic (exact) mass is 363 g/mol. The van der Waals surface area contributed by atoms with Crippen molar-refractivity contribution < 1.29 is 0 Å². The fourth-order valence-electron chi connectivity index (χ4n) is 3.50. The van der Waals surface area contributed by atoms with E-state index in [1.165, 1.54) is 36.9 Å². The van der Waals surface area contributed by atoms with E-state index in [2.05, 4.69) is 84.6 Å². The number of aryl methyl sites for hydroxylation is 1. The molecule has 1 aliphatic rings. The fourth-order valence-corrected chi connectivity index (χ4v) is 5.02. The van der Waals surface area contributed by atoms with Gasteiger partial charge in [-0.15, -0.1) is 20.6 Å². The van der Waals surface area contributed by atoms with Crippen LogP contribution in [0.25, 0.3) is 20.2 Å². The zero-order valence-electron chi connectivity index (χ0n) is 14.8. The predicted molar refractivity (Wildman–Crippen MR) is 116 cm³/mol. The van der Waals surface area contributed by atoms with Gasteiger partial charge >= 0.3 is 0 Å². The summed E-state index contributed by atoms with van der Waals surface area (Å²) in [5.41, 5.74) is 5.06. The molecule has 1 nitrogen and oxygen atoms in total. The second-order valence-electron chi connectivity index (χ2n) is 6.80. The highest BCUT2D eigenvalue weighted by atomic mass is 32.1. The summed E-state index contributed by atoms with van der Waals surface area (Å²) < 4.78 is 2.71. The number of thiophene rings is 1. The zero-order chi connectivity index (χ0) is 17.6. The van der Waals surface area contributed by atoms with Crippen molar-refractivity contribution in [1.82, 2.24) is 0 Å². The van der Waals surface area contributed by atoms with E-state index in [9.17, 15) is 0 Å². The molecule has 0 fully saturated rings. The maximum atomic E-state index is 4.92. The first-order valence-corrected chi connectivity index (χ1v) is 10.2. The van der Waals surface area contributed by atoms with Crippen LogP contribution in [0, 0.1) is 6.92 Å². The van der Waals surface area contributed by atoms with Crippen molar-refractivity contribution >= 4 is 46.5 Å². The third-order valence-corrected chi connectivity index (χ3v) is 6.02. The molecule has 3 aromatic rings. The van der Waals surface area contributed by atoms with Gasteiger partial charge in [-0.2, -0.15) is 0 Å². The molecule has 0 saturated heterocycles. The van der Waals surface area contributed by atoms with E-state index < -0.39 is 0 Å². The molecule has 0 amide bonds. The minimum absolute atomic E-state index is 0.193. The molecule has 3 heteroatoms. The highest BCUT2D eigenvalue weighted by molar-refractivity contribution is 7.26. The highest BCUT2D eigenvalue weighted by Crippen LogP contribution is 2.40. The van der Waals surface area contributed by atoms with E-state index in [1.807, 2.05) is 11.3 Å². The summed E-state index contributed by atoms with van der Waals surface area (Å²) >= 11 is 1.89. The zero-order valence-corrected chi connectivity index (χ0v) is 16.8. The first-order valence-electron chi connectivity index (χ1n) is 8.69. The third-order valence-electron chi connectivity index (χ3n) is 4.68. The average molecular weight is 363 g/mol. The maximum absolute atomic E-state index is 4.92. The average Bonchev–Trinajstić information content (AvgIpc) is 2.92. The Kier molecular flexibility index (Phi) is 4.35. The van der Waals surface area contributed by atoms with Crippen LogP contribution in [-0.4, -0.2) is 11.5 Å². The lowest BCUT2D eigenvalue weighted by molar-refractivity contribution is 0.964. The number of hydrogen-bond donors (Lipinski definition) is 0. The first-order chi connectivity index (χ1) is 12.0. The van der Waals surface area contributed by atoms with Crippen LogP contribution in [-0.2, 0) is 0 Å². The number of fused-ring (bicyclic) bond motifs is 5. The molecule has 1 aromatic heterocycles. The molecule has 0 N–H and O–H groups in total. The van der Waals surface area contributed by atoms with Crippen LogP contribution in [0.15, 0.2) is 59.6 Å². The number of rotatable bonds is 1. The number of aliphatic imine (C=N–C) groups is 1. The second kappa shape index (κ2) is 6.52. The molecule has 0 bridgehead atoms. The highest BCUT2D eigenvalue weighted by Gasteiger charge is 2.19. The molecule has 1 heterocycles. The number of nitrogens with zero attached hydrogens (tertiary/aromatic N) is 1. The number of allylic oxidation sites excluding steroid dienone is 4. The normalized spacial score (nSPS) is 22.6. The minimum atomic E-state index is 0.193. The second-order valence-corrected chi connectivity index (χ2v) is 8.81. The Labute approximate surface area is 155 Å². The van der Waals surface area contributed by atoms with Crippen LogP contribution >= 0.6 is 20.6 Å². The van der Waals surface area contributed by atoms with E-state index in [0.717, 1.165) is 5.71 Å². The van der Waals surface area contributed by atoms with Crippen LogP contribution in [0.5, 0.6) is 0 Å². The number of benzene rings is 2. The van der Waals surface area contributed by atoms with Gasteiger partial charge in [0.05, 0.1) is 11.5 Å². The van der Waals surface area contributed by atoms with Crippen molar-refractivity contribution in [2.24, 2.45) is 4.99 Å². The van der Waals surface area contributed by atoms with Crippen LogP contribution in [0.2, 0.25) is 0 Å². The Hall–Kier alpha value is -1.76. The van der Waals surface area contributed by atoms with Gasteiger partial charge in [-0.3, -0.25) is 4.99 Å². The predicted octanol–water partition coefficient (Wildman–Crippen LogP) is 6.60. The van der Waals surface area contributed by atoms with Crippen LogP contribution in [0.1, 0.15) is 36.5 Å². The van der Waals surface area contributed by atoms with Crippen molar-refractivity contribution in [3.8, 4) is 0 Å². The SMILES string of the molecule is Cc1ccc2c(c1)sc1c3c(ccc12)C(C)/C=C\C=C/C3=NC(C)P. The van der Waals surface area contributed by atoms with Crippen molar-refractivity contribution in [3.63, 3.8) is 0 Å². The molecule has 0 aliphatic heterocycles.